The largest absolute Gasteiger partial charge is 0.504 e. The van der Waals surface area contributed by atoms with Crippen molar-refractivity contribution in [2.24, 2.45) is 0 Å². The molecule has 108 valence electrons. The lowest BCUT2D eigenvalue weighted by atomic mass is 10.1. The topological polar surface area (TPSA) is 107 Å². The first-order chi connectivity index (χ1) is 9.88. The summed E-state index contributed by atoms with van der Waals surface area (Å²) < 4.78 is 0. The molecule has 1 amide bonds. The maximum absolute atomic E-state index is 12.0. The monoisotopic (exact) mass is 307 g/mol. The Morgan fingerprint density at radius 1 is 1.00 bits per heavy atom. The molecule has 0 atom stereocenters. The van der Waals surface area contributed by atoms with Gasteiger partial charge in [0, 0.05) is 10.6 Å². The molecule has 0 saturated heterocycles. The molecule has 0 radical (unpaired) electrons. The lowest BCUT2D eigenvalue weighted by molar-refractivity contribution is 0.0698. The second kappa shape index (κ2) is 5.72. The van der Waals surface area contributed by atoms with Gasteiger partial charge in [-0.05, 0) is 36.4 Å². The maximum Gasteiger partial charge on any atom is 0.337 e. The zero-order chi connectivity index (χ0) is 15.6. The zero-order valence-electron chi connectivity index (χ0n) is 10.5. The Kier molecular flexibility index (Phi) is 4.00. The third kappa shape index (κ3) is 3.24. The van der Waals surface area contributed by atoms with Crippen molar-refractivity contribution in [3.8, 4) is 11.5 Å². The van der Waals surface area contributed by atoms with Crippen LogP contribution in [-0.4, -0.2) is 27.2 Å². The number of carbonyl (C=O) groups is 2. The molecule has 0 aliphatic heterocycles. The van der Waals surface area contributed by atoms with E-state index in [-0.39, 0.29) is 27.6 Å². The fourth-order valence-corrected chi connectivity index (χ4v) is 1.84. The third-order valence-corrected chi connectivity index (χ3v) is 2.93. The van der Waals surface area contributed by atoms with Crippen molar-refractivity contribution >= 4 is 29.2 Å². The summed E-state index contributed by atoms with van der Waals surface area (Å²) in [6.07, 6.45) is 0. The van der Waals surface area contributed by atoms with E-state index in [2.05, 4.69) is 5.32 Å². The van der Waals surface area contributed by atoms with Crippen molar-refractivity contribution < 1.29 is 24.9 Å². The smallest absolute Gasteiger partial charge is 0.337 e. The van der Waals surface area contributed by atoms with Gasteiger partial charge >= 0.3 is 5.97 Å². The minimum atomic E-state index is -1.21. The average Bonchev–Trinajstić information content (AvgIpc) is 2.41. The minimum absolute atomic E-state index is 0.0348. The number of carboxylic acid groups (broad SMARTS) is 1. The molecule has 2 aromatic carbocycles. The van der Waals surface area contributed by atoms with E-state index < -0.39 is 17.6 Å². The Morgan fingerprint density at radius 2 is 1.71 bits per heavy atom. The number of rotatable bonds is 3. The molecule has 4 N–H and O–H groups in total. The number of phenolic OH excluding ortho intramolecular Hbond substituents is 2. The lowest BCUT2D eigenvalue weighted by Crippen LogP contribution is -2.14. The van der Waals surface area contributed by atoms with E-state index in [1.54, 1.807) is 0 Å². The van der Waals surface area contributed by atoms with E-state index in [4.69, 9.17) is 16.7 Å². The molecule has 7 heteroatoms. The number of carboxylic acids is 1. The van der Waals surface area contributed by atoms with Gasteiger partial charge in [-0.15, -0.1) is 0 Å². The van der Waals surface area contributed by atoms with E-state index in [1.165, 1.54) is 24.3 Å². The summed E-state index contributed by atoms with van der Waals surface area (Å²) in [6.45, 7) is 0. The summed E-state index contributed by atoms with van der Waals surface area (Å²) in [5.41, 5.74) is -0.0232. The predicted molar refractivity (Wildman–Crippen MR) is 76.1 cm³/mol. The van der Waals surface area contributed by atoms with Gasteiger partial charge in [-0.2, -0.15) is 0 Å². The summed E-state index contributed by atoms with van der Waals surface area (Å²) in [7, 11) is 0. The molecule has 0 spiro atoms. The number of aromatic hydroxyl groups is 2. The molecule has 6 nitrogen and oxygen atoms in total. The van der Waals surface area contributed by atoms with E-state index in [9.17, 15) is 19.8 Å². The third-order valence-electron chi connectivity index (χ3n) is 2.70. The Labute approximate surface area is 124 Å². The Balaban J connectivity index is 2.33. The van der Waals surface area contributed by atoms with Gasteiger partial charge in [0.2, 0.25) is 0 Å². The summed E-state index contributed by atoms with van der Waals surface area (Å²) in [6, 6.07) is 7.48. The molecule has 0 unspecified atom stereocenters. The first-order valence-corrected chi connectivity index (χ1v) is 6.12. The van der Waals surface area contributed by atoms with Crippen LogP contribution < -0.4 is 5.32 Å². The van der Waals surface area contributed by atoms with Crippen molar-refractivity contribution in [3.63, 3.8) is 0 Å². The number of nitrogens with one attached hydrogen (secondary N) is 1. The van der Waals surface area contributed by atoms with Crippen molar-refractivity contribution in [2.75, 3.05) is 5.32 Å². The molecular formula is C14H10ClNO5. The normalized spacial score (nSPS) is 10.1. The lowest BCUT2D eigenvalue weighted by Gasteiger charge is -2.09. The van der Waals surface area contributed by atoms with Gasteiger partial charge in [0.1, 0.15) is 0 Å². The van der Waals surface area contributed by atoms with Crippen LogP contribution in [0, 0.1) is 0 Å². The Hall–Kier alpha value is -2.73. The van der Waals surface area contributed by atoms with Gasteiger partial charge in [-0.25, -0.2) is 4.79 Å². The number of phenols is 2. The second-order valence-electron chi connectivity index (χ2n) is 4.15. The maximum atomic E-state index is 12.0. The van der Waals surface area contributed by atoms with Crippen LogP contribution in [-0.2, 0) is 0 Å². The Morgan fingerprint density at radius 3 is 2.33 bits per heavy atom. The van der Waals surface area contributed by atoms with Gasteiger partial charge in [0.25, 0.3) is 5.91 Å². The minimum Gasteiger partial charge on any atom is -0.504 e. The number of benzene rings is 2. The predicted octanol–water partition coefficient (Wildman–Crippen LogP) is 2.70. The molecule has 0 aliphatic carbocycles. The van der Waals surface area contributed by atoms with Crippen LogP contribution in [0.2, 0.25) is 5.02 Å². The fraction of sp³-hybridized carbons (Fsp3) is 0. The molecule has 0 aliphatic rings. The number of anilines is 1. The van der Waals surface area contributed by atoms with E-state index in [1.807, 2.05) is 0 Å². The van der Waals surface area contributed by atoms with Gasteiger partial charge in [0.15, 0.2) is 11.5 Å². The van der Waals surface area contributed by atoms with Crippen molar-refractivity contribution in [1.82, 2.24) is 0 Å². The molecule has 0 fully saturated rings. The second-order valence-corrected chi connectivity index (χ2v) is 4.59. The van der Waals surface area contributed by atoms with Crippen LogP contribution in [0.25, 0.3) is 0 Å². The highest BCUT2D eigenvalue weighted by Gasteiger charge is 2.15. The summed E-state index contributed by atoms with van der Waals surface area (Å²) in [5, 5.41) is 30.3. The summed E-state index contributed by atoms with van der Waals surface area (Å²) in [4.78, 5) is 23.1. The first-order valence-electron chi connectivity index (χ1n) is 5.74. The molecule has 0 aromatic heterocycles. The Bertz CT molecular complexity index is 729. The summed E-state index contributed by atoms with van der Waals surface area (Å²) in [5.74, 6) is -2.67. The van der Waals surface area contributed by atoms with Crippen LogP contribution >= 0.6 is 11.6 Å². The molecule has 0 bridgehead atoms. The standard InChI is InChI=1S/C14H10ClNO5/c15-8-2-3-9(14(20)21)10(6-8)16-13(19)7-1-4-11(17)12(18)5-7/h1-6,17-18H,(H,16,19)(H,20,21). The molecule has 0 heterocycles. The highest BCUT2D eigenvalue weighted by Crippen LogP contribution is 2.26. The molecule has 2 aromatic rings. The van der Waals surface area contributed by atoms with Crippen LogP contribution in [0.15, 0.2) is 36.4 Å². The van der Waals surface area contributed by atoms with Crippen molar-refractivity contribution in [1.29, 1.82) is 0 Å². The molecule has 2 rings (SSSR count). The average molecular weight is 308 g/mol. The number of halogens is 1. The molecule has 0 saturated carbocycles. The van der Waals surface area contributed by atoms with Crippen LogP contribution in [0.1, 0.15) is 20.7 Å². The van der Waals surface area contributed by atoms with Crippen molar-refractivity contribution in [3.05, 3.63) is 52.5 Å². The van der Waals surface area contributed by atoms with Gasteiger partial charge in [-0.1, -0.05) is 11.6 Å². The van der Waals surface area contributed by atoms with Crippen LogP contribution in [0.3, 0.4) is 0 Å². The van der Waals surface area contributed by atoms with Crippen LogP contribution in [0.5, 0.6) is 11.5 Å². The highest BCUT2D eigenvalue weighted by atomic mass is 35.5. The van der Waals surface area contributed by atoms with E-state index in [0.29, 0.717) is 0 Å². The van der Waals surface area contributed by atoms with Gasteiger partial charge in [0.05, 0.1) is 11.3 Å². The van der Waals surface area contributed by atoms with Crippen LogP contribution in [0.4, 0.5) is 5.69 Å². The van der Waals surface area contributed by atoms with E-state index in [0.717, 1.165) is 12.1 Å². The number of aromatic carboxylic acids is 1. The quantitative estimate of drug-likeness (QED) is 0.652. The fourth-order valence-electron chi connectivity index (χ4n) is 1.67. The molecular weight excluding hydrogens is 298 g/mol. The number of hydrogen-bond donors (Lipinski definition) is 4. The van der Waals surface area contributed by atoms with Gasteiger partial charge < -0.3 is 20.6 Å². The SMILES string of the molecule is O=C(Nc1cc(Cl)ccc1C(=O)O)c1ccc(O)c(O)c1. The number of carbonyl (C=O) groups excluding carboxylic acids is 1. The summed E-state index contributed by atoms with van der Waals surface area (Å²) >= 11 is 5.78. The van der Waals surface area contributed by atoms with Crippen molar-refractivity contribution in [2.45, 2.75) is 0 Å². The van der Waals surface area contributed by atoms with Gasteiger partial charge in [-0.3, -0.25) is 4.79 Å². The number of amides is 1. The number of hydrogen-bond acceptors (Lipinski definition) is 4. The molecule has 21 heavy (non-hydrogen) atoms. The zero-order valence-corrected chi connectivity index (χ0v) is 11.3. The highest BCUT2D eigenvalue weighted by molar-refractivity contribution is 6.31. The van der Waals surface area contributed by atoms with E-state index >= 15 is 0 Å². The first kappa shape index (κ1) is 14.7.